The molecule has 2 unspecified atom stereocenters. The molecule has 1 saturated carbocycles. The van der Waals surface area contributed by atoms with Crippen LogP contribution < -0.4 is 20.7 Å². The van der Waals surface area contributed by atoms with Gasteiger partial charge in [0.25, 0.3) is 0 Å². The van der Waals surface area contributed by atoms with Crippen molar-refractivity contribution in [3.8, 4) is 5.75 Å². The number of nitrogens with zero attached hydrogens (tertiary/aromatic N) is 4. The Morgan fingerprint density at radius 3 is 2.62 bits per heavy atom. The van der Waals surface area contributed by atoms with Crippen LogP contribution in [0.3, 0.4) is 0 Å². The minimum absolute atomic E-state index is 0.185. The first-order valence-corrected chi connectivity index (χ1v) is 12.2. The molecule has 1 aliphatic carbocycles. The van der Waals surface area contributed by atoms with Gasteiger partial charge in [-0.1, -0.05) is 13.3 Å². The molecule has 0 spiro atoms. The number of rotatable bonds is 9. The third kappa shape index (κ3) is 6.51. The van der Waals surface area contributed by atoms with Gasteiger partial charge in [-0.05, 0) is 62.9 Å². The van der Waals surface area contributed by atoms with Crippen LogP contribution in [0.4, 0.5) is 11.5 Å². The molecule has 2 aromatic rings. The Labute approximate surface area is 201 Å². The van der Waals surface area contributed by atoms with E-state index in [2.05, 4.69) is 37.8 Å². The van der Waals surface area contributed by atoms with Gasteiger partial charge >= 0.3 is 0 Å². The van der Waals surface area contributed by atoms with Crippen molar-refractivity contribution < 1.29 is 9.84 Å². The lowest BCUT2D eigenvalue weighted by Crippen LogP contribution is -2.45. The summed E-state index contributed by atoms with van der Waals surface area (Å²) in [6, 6.07) is 9.92. The van der Waals surface area contributed by atoms with Crippen LogP contribution in [-0.2, 0) is 0 Å². The molecule has 2 heterocycles. The summed E-state index contributed by atoms with van der Waals surface area (Å²) >= 11 is 0. The number of hydrogen-bond donors (Lipinski definition) is 4. The molecule has 9 nitrogen and oxygen atoms in total. The van der Waals surface area contributed by atoms with E-state index in [0.717, 1.165) is 68.0 Å². The first kappa shape index (κ1) is 24.1. The summed E-state index contributed by atoms with van der Waals surface area (Å²) in [7, 11) is 1.65. The SMILES string of the molecule is CCCCNC1N=CC(c2cc(Nc3ccc(OC)cc3)ncn2)C(NC2CCC(O)CC2)=N1. The number of unbranched alkanes of at least 4 members (excludes halogenated alkanes) is 1. The quantitative estimate of drug-likeness (QED) is 0.420. The summed E-state index contributed by atoms with van der Waals surface area (Å²) in [5, 5.41) is 20.3. The molecule has 0 bridgehead atoms. The normalized spacial score (nSPS) is 24.4. The Morgan fingerprint density at radius 1 is 1.09 bits per heavy atom. The van der Waals surface area contributed by atoms with Crippen molar-refractivity contribution in [3.63, 3.8) is 0 Å². The van der Waals surface area contributed by atoms with Crippen molar-refractivity contribution in [1.82, 2.24) is 20.6 Å². The van der Waals surface area contributed by atoms with Crippen molar-refractivity contribution in [3.05, 3.63) is 42.4 Å². The molecule has 4 N–H and O–H groups in total. The predicted molar refractivity (Wildman–Crippen MR) is 135 cm³/mol. The zero-order valence-electron chi connectivity index (χ0n) is 19.9. The van der Waals surface area contributed by atoms with Gasteiger partial charge in [0.15, 0.2) is 6.29 Å². The summed E-state index contributed by atoms with van der Waals surface area (Å²) in [5.41, 5.74) is 1.74. The predicted octanol–water partition coefficient (Wildman–Crippen LogP) is 3.36. The summed E-state index contributed by atoms with van der Waals surface area (Å²) in [6.07, 6.45) is 8.68. The summed E-state index contributed by atoms with van der Waals surface area (Å²) in [4.78, 5) is 18.5. The molecule has 1 aliphatic heterocycles. The van der Waals surface area contributed by atoms with E-state index >= 15 is 0 Å². The highest BCUT2D eigenvalue weighted by Crippen LogP contribution is 2.24. The number of anilines is 2. The van der Waals surface area contributed by atoms with Crippen molar-refractivity contribution in [2.24, 2.45) is 9.98 Å². The molecule has 1 aromatic heterocycles. The smallest absolute Gasteiger partial charge is 0.195 e. The molecule has 0 radical (unpaired) electrons. The molecule has 4 rings (SSSR count). The lowest BCUT2D eigenvalue weighted by Gasteiger charge is -2.31. The Balaban J connectivity index is 1.50. The van der Waals surface area contributed by atoms with Crippen LogP contribution in [0, 0.1) is 0 Å². The fourth-order valence-electron chi connectivity index (χ4n) is 4.20. The molecule has 2 atom stereocenters. The molecule has 1 fully saturated rings. The van der Waals surface area contributed by atoms with E-state index in [1.54, 1.807) is 13.4 Å². The summed E-state index contributed by atoms with van der Waals surface area (Å²) < 4.78 is 5.23. The minimum atomic E-state index is -0.293. The zero-order valence-corrected chi connectivity index (χ0v) is 19.9. The second-order valence-electron chi connectivity index (χ2n) is 8.80. The standard InChI is InChI=1S/C25H35N7O2/c1-3-4-13-26-25-27-15-21(24(32-25)31-18-5-9-19(33)10-6-18)22-14-23(29-16-28-22)30-17-7-11-20(34-2)12-8-17/h7-8,11-12,14-16,18-19,21,25-26,33H,3-6,9-10,13H2,1-2H3,(H,31,32)(H,28,29,30). The molecule has 2 aliphatic rings. The number of hydrogen-bond acceptors (Lipinski definition) is 9. The van der Waals surface area contributed by atoms with E-state index in [-0.39, 0.29) is 24.4 Å². The van der Waals surface area contributed by atoms with Gasteiger partial charge in [-0.15, -0.1) is 0 Å². The molecule has 9 heteroatoms. The minimum Gasteiger partial charge on any atom is -0.497 e. The highest BCUT2D eigenvalue weighted by Gasteiger charge is 2.28. The molecule has 34 heavy (non-hydrogen) atoms. The second kappa shape index (κ2) is 11.9. The maximum Gasteiger partial charge on any atom is 0.195 e. The van der Waals surface area contributed by atoms with Gasteiger partial charge in [0.2, 0.25) is 0 Å². The van der Waals surface area contributed by atoms with E-state index in [1.165, 1.54) is 0 Å². The Kier molecular flexibility index (Phi) is 8.43. The van der Waals surface area contributed by atoms with Crippen LogP contribution in [0.5, 0.6) is 5.75 Å². The Hall–Kier alpha value is -3.04. The Bertz CT molecular complexity index is 971. The average molecular weight is 466 g/mol. The third-order valence-corrected chi connectivity index (χ3v) is 6.21. The van der Waals surface area contributed by atoms with Gasteiger partial charge in [0, 0.05) is 24.0 Å². The number of aliphatic imine (C=N–C) groups is 2. The van der Waals surface area contributed by atoms with Crippen LogP contribution in [0.2, 0.25) is 0 Å². The zero-order chi connectivity index (χ0) is 23.8. The number of methoxy groups -OCH3 is 1. The van der Waals surface area contributed by atoms with Crippen LogP contribution >= 0.6 is 0 Å². The lowest BCUT2D eigenvalue weighted by molar-refractivity contribution is 0.120. The average Bonchev–Trinajstić information content (AvgIpc) is 2.86. The van der Waals surface area contributed by atoms with Crippen LogP contribution in [0.1, 0.15) is 57.1 Å². The van der Waals surface area contributed by atoms with E-state index in [0.29, 0.717) is 5.82 Å². The van der Waals surface area contributed by atoms with Crippen molar-refractivity contribution in [2.45, 2.75) is 69.8 Å². The fraction of sp³-hybridized carbons (Fsp3) is 0.520. The highest BCUT2D eigenvalue weighted by atomic mass is 16.5. The Morgan fingerprint density at radius 2 is 1.88 bits per heavy atom. The first-order chi connectivity index (χ1) is 16.6. The third-order valence-electron chi connectivity index (χ3n) is 6.21. The van der Waals surface area contributed by atoms with Crippen molar-refractivity contribution in [1.29, 1.82) is 0 Å². The van der Waals surface area contributed by atoms with Crippen LogP contribution in [-0.4, -0.2) is 59.2 Å². The molecular formula is C25H35N7O2. The molecule has 182 valence electrons. The topological polar surface area (TPSA) is 116 Å². The molecule has 0 amide bonds. The largest absolute Gasteiger partial charge is 0.497 e. The molecule has 1 aromatic carbocycles. The van der Waals surface area contributed by atoms with Crippen molar-refractivity contribution >= 4 is 23.6 Å². The number of nitrogens with one attached hydrogen (secondary N) is 3. The van der Waals surface area contributed by atoms with E-state index in [9.17, 15) is 5.11 Å². The summed E-state index contributed by atoms with van der Waals surface area (Å²) in [5.74, 6) is 2.18. The van der Waals surface area contributed by atoms with Gasteiger partial charge in [-0.2, -0.15) is 0 Å². The maximum absolute atomic E-state index is 9.89. The monoisotopic (exact) mass is 465 g/mol. The first-order valence-electron chi connectivity index (χ1n) is 12.2. The van der Waals surface area contributed by atoms with E-state index in [1.807, 2.05) is 36.5 Å². The number of aliphatic hydroxyl groups excluding tert-OH is 1. The number of aromatic nitrogens is 2. The fourth-order valence-corrected chi connectivity index (χ4v) is 4.20. The van der Waals surface area contributed by atoms with Gasteiger partial charge in [0.1, 0.15) is 23.7 Å². The lowest BCUT2D eigenvalue weighted by atomic mass is 9.92. The highest BCUT2D eigenvalue weighted by molar-refractivity contribution is 6.03. The second-order valence-corrected chi connectivity index (χ2v) is 8.80. The number of ether oxygens (including phenoxy) is 1. The number of benzene rings is 1. The van der Waals surface area contributed by atoms with E-state index < -0.39 is 0 Å². The van der Waals surface area contributed by atoms with Crippen LogP contribution in [0.15, 0.2) is 46.6 Å². The van der Waals surface area contributed by atoms with Gasteiger partial charge in [-0.3, -0.25) is 10.3 Å². The van der Waals surface area contributed by atoms with Gasteiger partial charge in [0.05, 0.1) is 24.8 Å². The van der Waals surface area contributed by atoms with Gasteiger partial charge < -0.3 is 20.5 Å². The van der Waals surface area contributed by atoms with E-state index in [4.69, 9.17) is 9.73 Å². The number of amidine groups is 1. The summed E-state index contributed by atoms with van der Waals surface area (Å²) in [6.45, 7) is 3.04. The number of aliphatic hydroxyl groups is 1. The molecule has 0 saturated heterocycles. The van der Waals surface area contributed by atoms with Crippen molar-refractivity contribution in [2.75, 3.05) is 19.0 Å². The van der Waals surface area contributed by atoms with Crippen LogP contribution in [0.25, 0.3) is 0 Å². The maximum atomic E-state index is 9.89. The molecular weight excluding hydrogens is 430 g/mol. The van der Waals surface area contributed by atoms with Gasteiger partial charge in [-0.25, -0.2) is 15.0 Å².